The summed E-state index contributed by atoms with van der Waals surface area (Å²) in [5.41, 5.74) is 4.80. The minimum Gasteiger partial charge on any atom is -0.487 e. The molecule has 1 unspecified atom stereocenters. The molecule has 1 atom stereocenters. The van der Waals surface area contributed by atoms with Crippen LogP contribution >= 0.6 is 0 Å². The molecule has 1 N–H and O–H groups in total. The Morgan fingerprint density at radius 2 is 1.77 bits per heavy atom. The van der Waals surface area contributed by atoms with Crippen molar-refractivity contribution in [3.63, 3.8) is 0 Å². The first-order chi connectivity index (χ1) is 14.7. The van der Waals surface area contributed by atoms with Crippen molar-refractivity contribution < 1.29 is 14.6 Å². The molecule has 0 aliphatic carbocycles. The predicted octanol–water partition coefficient (Wildman–Crippen LogP) is 4.91. The van der Waals surface area contributed by atoms with E-state index >= 15 is 0 Å². The van der Waals surface area contributed by atoms with E-state index in [0.29, 0.717) is 25.3 Å². The molecule has 168 valence electrons. The number of ether oxygens (including phenoxy) is 1. The van der Waals surface area contributed by atoms with E-state index in [1.807, 2.05) is 13.8 Å². The largest absolute Gasteiger partial charge is 0.487 e. The van der Waals surface area contributed by atoms with Gasteiger partial charge in [0.05, 0.1) is 6.61 Å². The molecule has 0 spiro atoms. The third-order valence-corrected chi connectivity index (χ3v) is 6.18. The SMILES string of the molecule is CC(C)c1ccc(CC2(C)Cc3cc(CCC(=O)N(CCO)C(C)C)ccc3O2)cc1. The zero-order valence-corrected chi connectivity index (χ0v) is 19.6. The van der Waals surface area contributed by atoms with Crippen LogP contribution < -0.4 is 4.74 Å². The number of hydrogen-bond acceptors (Lipinski definition) is 3. The Bertz CT molecular complexity index is 888. The fourth-order valence-corrected chi connectivity index (χ4v) is 4.45. The molecule has 0 saturated carbocycles. The minimum atomic E-state index is -0.244. The summed E-state index contributed by atoms with van der Waals surface area (Å²) < 4.78 is 6.36. The van der Waals surface area contributed by atoms with Gasteiger partial charge in [-0.15, -0.1) is 0 Å². The third kappa shape index (κ3) is 5.88. The Morgan fingerprint density at radius 3 is 2.39 bits per heavy atom. The maximum atomic E-state index is 12.5. The van der Waals surface area contributed by atoms with E-state index in [4.69, 9.17) is 4.74 Å². The molecule has 2 aromatic carbocycles. The van der Waals surface area contributed by atoms with Crippen molar-refractivity contribution in [1.29, 1.82) is 0 Å². The highest BCUT2D eigenvalue weighted by Gasteiger charge is 2.35. The van der Waals surface area contributed by atoms with Crippen LogP contribution in [0.1, 0.15) is 69.2 Å². The molecular formula is C27H37NO3. The molecule has 1 heterocycles. The second-order valence-electron chi connectivity index (χ2n) is 9.65. The van der Waals surface area contributed by atoms with E-state index in [1.54, 1.807) is 4.90 Å². The van der Waals surface area contributed by atoms with Gasteiger partial charge in [-0.3, -0.25) is 4.79 Å². The first-order valence-electron chi connectivity index (χ1n) is 11.5. The van der Waals surface area contributed by atoms with Gasteiger partial charge in [-0.2, -0.15) is 0 Å². The smallest absolute Gasteiger partial charge is 0.223 e. The normalized spacial score (nSPS) is 17.7. The van der Waals surface area contributed by atoms with Gasteiger partial charge in [0, 0.05) is 31.8 Å². The summed E-state index contributed by atoms with van der Waals surface area (Å²) in [5.74, 6) is 1.59. The van der Waals surface area contributed by atoms with Gasteiger partial charge in [0.25, 0.3) is 0 Å². The average Bonchev–Trinajstić information content (AvgIpc) is 3.05. The monoisotopic (exact) mass is 423 g/mol. The van der Waals surface area contributed by atoms with Crippen LogP contribution in [0.3, 0.4) is 0 Å². The summed E-state index contributed by atoms with van der Waals surface area (Å²) in [6.07, 6.45) is 2.91. The topological polar surface area (TPSA) is 49.8 Å². The summed E-state index contributed by atoms with van der Waals surface area (Å²) in [6.45, 7) is 11.0. The molecule has 31 heavy (non-hydrogen) atoms. The standard InChI is InChI=1S/C27H37NO3/c1-19(2)23-10-6-22(7-11-23)17-27(5)18-24-16-21(8-12-25(24)31-27)9-13-26(30)28(14-15-29)20(3)4/h6-8,10-12,16,19-20,29H,9,13-15,17-18H2,1-5H3. The van der Waals surface area contributed by atoms with Crippen LogP contribution in [0.15, 0.2) is 42.5 Å². The lowest BCUT2D eigenvalue weighted by molar-refractivity contribution is -0.133. The van der Waals surface area contributed by atoms with Crippen LogP contribution in [-0.2, 0) is 24.1 Å². The molecule has 0 aromatic heterocycles. The van der Waals surface area contributed by atoms with E-state index in [0.717, 1.165) is 24.2 Å². The van der Waals surface area contributed by atoms with Gasteiger partial charge in [-0.1, -0.05) is 50.2 Å². The number of amides is 1. The number of carbonyl (C=O) groups excluding carboxylic acids is 1. The van der Waals surface area contributed by atoms with Gasteiger partial charge in [0.15, 0.2) is 0 Å². The number of carbonyl (C=O) groups is 1. The Hall–Kier alpha value is -2.33. The van der Waals surface area contributed by atoms with Gasteiger partial charge >= 0.3 is 0 Å². The fourth-order valence-electron chi connectivity index (χ4n) is 4.45. The number of nitrogens with zero attached hydrogens (tertiary/aromatic N) is 1. The average molecular weight is 424 g/mol. The maximum absolute atomic E-state index is 12.5. The molecule has 2 aromatic rings. The van der Waals surface area contributed by atoms with E-state index < -0.39 is 0 Å². The predicted molar refractivity (Wildman–Crippen MR) is 126 cm³/mol. The molecule has 0 saturated heterocycles. The molecule has 1 aliphatic heterocycles. The number of hydrogen-bond donors (Lipinski definition) is 1. The van der Waals surface area contributed by atoms with Crippen molar-refractivity contribution in [2.75, 3.05) is 13.2 Å². The maximum Gasteiger partial charge on any atom is 0.223 e. The number of benzene rings is 2. The van der Waals surface area contributed by atoms with Gasteiger partial charge < -0.3 is 14.7 Å². The van der Waals surface area contributed by atoms with E-state index in [2.05, 4.69) is 63.2 Å². The summed E-state index contributed by atoms with van der Waals surface area (Å²) in [7, 11) is 0. The summed E-state index contributed by atoms with van der Waals surface area (Å²) in [4.78, 5) is 14.3. The number of aryl methyl sites for hydroxylation is 1. The summed E-state index contributed by atoms with van der Waals surface area (Å²) in [6, 6.07) is 15.3. The third-order valence-electron chi connectivity index (χ3n) is 6.18. The van der Waals surface area contributed by atoms with Crippen molar-refractivity contribution in [2.24, 2.45) is 0 Å². The van der Waals surface area contributed by atoms with Crippen molar-refractivity contribution >= 4 is 5.91 Å². The molecule has 3 rings (SSSR count). The molecule has 4 heteroatoms. The number of aliphatic hydroxyl groups excluding tert-OH is 1. The summed E-state index contributed by atoms with van der Waals surface area (Å²) in [5, 5.41) is 9.21. The lowest BCUT2D eigenvalue weighted by Crippen LogP contribution is -2.39. The van der Waals surface area contributed by atoms with E-state index in [-0.39, 0.29) is 24.2 Å². The first kappa shape index (κ1) is 23.3. The van der Waals surface area contributed by atoms with Crippen LogP contribution in [-0.4, -0.2) is 40.7 Å². The minimum absolute atomic E-state index is 0.00111. The fraction of sp³-hybridized carbons (Fsp3) is 0.519. The van der Waals surface area contributed by atoms with Crippen molar-refractivity contribution in [3.05, 3.63) is 64.7 Å². The molecule has 1 aliphatic rings. The second-order valence-corrected chi connectivity index (χ2v) is 9.65. The van der Waals surface area contributed by atoms with Crippen molar-refractivity contribution in [3.8, 4) is 5.75 Å². The highest BCUT2D eigenvalue weighted by molar-refractivity contribution is 5.76. The number of rotatable bonds is 9. The van der Waals surface area contributed by atoms with Crippen molar-refractivity contribution in [1.82, 2.24) is 4.90 Å². The quantitative estimate of drug-likeness (QED) is 0.624. The van der Waals surface area contributed by atoms with Crippen LogP contribution in [0, 0.1) is 0 Å². The van der Waals surface area contributed by atoms with Crippen LogP contribution in [0.4, 0.5) is 0 Å². The van der Waals surface area contributed by atoms with Crippen molar-refractivity contribution in [2.45, 2.75) is 77.9 Å². The molecule has 0 fully saturated rings. The Balaban J connectivity index is 1.62. The van der Waals surface area contributed by atoms with Gasteiger partial charge in [0.1, 0.15) is 11.4 Å². The molecule has 0 bridgehead atoms. The highest BCUT2D eigenvalue weighted by Crippen LogP contribution is 2.37. The molecule has 1 amide bonds. The zero-order chi connectivity index (χ0) is 22.6. The zero-order valence-electron chi connectivity index (χ0n) is 19.6. The van der Waals surface area contributed by atoms with E-state index in [9.17, 15) is 9.90 Å². The van der Waals surface area contributed by atoms with Crippen LogP contribution in [0.2, 0.25) is 0 Å². The molecular weight excluding hydrogens is 386 g/mol. The summed E-state index contributed by atoms with van der Waals surface area (Å²) >= 11 is 0. The Morgan fingerprint density at radius 1 is 1.10 bits per heavy atom. The second kappa shape index (κ2) is 9.86. The molecule has 0 radical (unpaired) electrons. The number of aliphatic hydroxyl groups is 1. The lowest BCUT2D eigenvalue weighted by atomic mass is 9.90. The highest BCUT2D eigenvalue weighted by atomic mass is 16.5. The van der Waals surface area contributed by atoms with E-state index in [1.165, 1.54) is 16.7 Å². The van der Waals surface area contributed by atoms with Gasteiger partial charge in [-0.05, 0) is 61.4 Å². The lowest BCUT2D eigenvalue weighted by Gasteiger charge is -2.26. The Kier molecular flexibility index (Phi) is 7.42. The Labute approximate surface area is 187 Å². The van der Waals surface area contributed by atoms with Gasteiger partial charge in [0.2, 0.25) is 5.91 Å². The first-order valence-corrected chi connectivity index (χ1v) is 11.5. The number of fused-ring (bicyclic) bond motifs is 1. The van der Waals surface area contributed by atoms with Gasteiger partial charge in [-0.25, -0.2) is 0 Å². The molecule has 4 nitrogen and oxygen atoms in total. The van der Waals surface area contributed by atoms with Crippen LogP contribution in [0.25, 0.3) is 0 Å². The van der Waals surface area contributed by atoms with Crippen LogP contribution in [0.5, 0.6) is 5.75 Å².